The molecule has 0 aromatic carbocycles. The van der Waals surface area contributed by atoms with E-state index >= 15 is 0 Å². The summed E-state index contributed by atoms with van der Waals surface area (Å²) in [6, 6.07) is 1.32. The van der Waals surface area contributed by atoms with Gasteiger partial charge in [-0.25, -0.2) is 0 Å². The number of hydrogen-bond acceptors (Lipinski definition) is 5. The molecule has 0 aliphatic carbocycles. The minimum absolute atomic E-state index is 0.346. The van der Waals surface area contributed by atoms with Crippen molar-refractivity contribution in [2.45, 2.75) is 13.0 Å². The van der Waals surface area contributed by atoms with Gasteiger partial charge in [-0.2, -0.15) is 0 Å². The first-order chi connectivity index (χ1) is 7.63. The number of hydrogen-bond donors (Lipinski definition) is 2. The maximum Gasteiger partial charge on any atom is 0.226 e. The summed E-state index contributed by atoms with van der Waals surface area (Å²) >= 11 is 0. The van der Waals surface area contributed by atoms with Crippen LogP contribution in [0.15, 0.2) is 21.5 Å². The molecule has 1 heterocycles. The molecule has 0 aliphatic rings. The predicted molar refractivity (Wildman–Crippen MR) is 61.5 cm³/mol. The van der Waals surface area contributed by atoms with Crippen molar-refractivity contribution in [1.29, 1.82) is 0 Å². The molecule has 0 bridgehead atoms. The summed E-state index contributed by atoms with van der Waals surface area (Å²) in [5, 5.41) is 12.1. The molecule has 5 heteroatoms. The third-order valence-electron chi connectivity index (χ3n) is 2.26. The van der Waals surface area contributed by atoms with Gasteiger partial charge in [-0.05, 0) is 33.6 Å². The molecule has 90 valence electrons. The third-order valence-corrected chi connectivity index (χ3v) is 2.26. The van der Waals surface area contributed by atoms with Crippen LogP contribution in [0.3, 0.4) is 0 Å². The molecule has 1 aromatic heterocycles. The van der Waals surface area contributed by atoms with Crippen molar-refractivity contribution in [3.63, 3.8) is 0 Å². The molecule has 2 N–H and O–H groups in total. The van der Waals surface area contributed by atoms with Gasteiger partial charge in [-0.3, -0.25) is 9.69 Å². The largest absolute Gasteiger partial charge is 0.502 e. The lowest BCUT2D eigenvalue weighted by Crippen LogP contribution is -2.22. The molecule has 0 aliphatic heterocycles. The summed E-state index contributed by atoms with van der Waals surface area (Å²) < 4.78 is 5.11. The SMILES string of the molecule is CNCCCN(C)Cc1cc(=O)c(O)co1. The van der Waals surface area contributed by atoms with Gasteiger partial charge in [-0.1, -0.05) is 0 Å². The molecular weight excluding hydrogens is 208 g/mol. The van der Waals surface area contributed by atoms with Crippen molar-refractivity contribution in [1.82, 2.24) is 10.2 Å². The Kier molecular flexibility index (Phi) is 5.01. The Morgan fingerprint density at radius 2 is 2.31 bits per heavy atom. The van der Waals surface area contributed by atoms with E-state index in [9.17, 15) is 4.79 Å². The average Bonchev–Trinajstić information content (AvgIpc) is 2.24. The quantitative estimate of drug-likeness (QED) is 0.687. The Labute approximate surface area is 94.7 Å². The highest BCUT2D eigenvalue weighted by molar-refractivity contribution is 5.15. The van der Waals surface area contributed by atoms with Gasteiger partial charge < -0.3 is 14.8 Å². The van der Waals surface area contributed by atoms with Gasteiger partial charge in [0.1, 0.15) is 12.0 Å². The van der Waals surface area contributed by atoms with Crippen LogP contribution in [0.25, 0.3) is 0 Å². The molecular formula is C11H18N2O3. The molecule has 0 saturated heterocycles. The van der Waals surface area contributed by atoms with E-state index in [1.54, 1.807) is 0 Å². The van der Waals surface area contributed by atoms with Gasteiger partial charge in [0.25, 0.3) is 0 Å². The Bertz CT molecular complexity index is 376. The van der Waals surface area contributed by atoms with Gasteiger partial charge in [0.05, 0.1) is 6.54 Å². The molecule has 0 amide bonds. The minimum Gasteiger partial charge on any atom is -0.502 e. The summed E-state index contributed by atoms with van der Waals surface area (Å²) in [6.45, 7) is 2.45. The van der Waals surface area contributed by atoms with E-state index in [4.69, 9.17) is 9.52 Å². The highest BCUT2D eigenvalue weighted by atomic mass is 16.4. The van der Waals surface area contributed by atoms with Crippen LogP contribution in [0.1, 0.15) is 12.2 Å². The first-order valence-corrected chi connectivity index (χ1v) is 5.27. The lowest BCUT2D eigenvalue weighted by Gasteiger charge is -2.15. The van der Waals surface area contributed by atoms with Crippen LogP contribution in [0.5, 0.6) is 5.75 Å². The van der Waals surface area contributed by atoms with Crippen molar-refractivity contribution in [3.05, 3.63) is 28.3 Å². The smallest absolute Gasteiger partial charge is 0.226 e. The fourth-order valence-corrected chi connectivity index (χ4v) is 1.40. The maximum absolute atomic E-state index is 11.1. The first-order valence-electron chi connectivity index (χ1n) is 5.27. The van der Waals surface area contributed by atoms with Gasteiger partial charge in [0.2, 0.25) is 5.43 Å². The van der Waals surface area contributed by atoms with Crippen LogP contribution in [0.2, 0.25) is 0 Å². The van der Waals surface area contributed by atoms with E-state index in [0.29, 0.717) is 12.3 Å². The Morgan fingerprint density at radius 1 is 1.56 bits per heavy atom. The molecule has 0 fully saturated rings. The van der Waals surface area contributed by atoms with Crippen molar-refractivity contribution in [2.24, 2.45) is 0 Å². The highest BCUT2D eigenvalue weighted by Crippen LogP contribution is 2.05. The summed E-state index contributed by atoms with van der Waals surface area (Å²) in [6.07, 6.45) is 2.12. The number of nitrogens with zero attached hydrogens (tertiary/aromatic N) is 1. The Hall–Kier alpha value is -1.33. The second-order valence-electron chi connectivity index (χ2n) is 3.79. The van der Waals surface area contributed by atoms with Gasteiger partial charge in [-0.15, -0.1) is 0 Å². The zero-order valence-corrected chi connectivity index (χ0v) is 9.69. The van der Waals surface area contributed by atoms with Crippen LogP contribution in [0, 0.1) is 0 Å². The summed E-state index contributed by atoms with van der Waals surface area (Å²) in [5.74, 6) is 0.219. The zero-order chi connectivity index (χ0) is 12.0. The maximum atomic E-state index is 11.1. The zero-order valence-electron chi connectivity index (χ0n) is 9.69. The lowest BCUT2D eigenvalue weighted by atomic mass is 10.3. The summed E-state index contributed by atoms with van der Waals surface area (Å²) in [4.78, 5) is 13.2. The number of aromatic hydroxyl groups is 1. The van der Waals surface area contributed by atoms with Gasteiger partial charge in [0, 0.05) is 6.07 Å². The fourth-order valence-electron chi connectivity index (χ4n) is 1.40. The topological polar surface area (TPSA) is 65.7 Å². The first kappa shape index (κ1) is 12.7. The monoisotopic (exact) mass is 226 g/mol. The van der Waals surface area contributed by atoms with Crippen molar-refractivity contribution in [3.8, 4) is 5.75 Å². The van der Waals surface area contributed by atoms with E-state index in [0.717, 1.165) is 25.8 Å². The molecule has 1 rings (SSSR count). The summed E-state index contributed by atoms with van der Waals surface area (Å²) in [7, 11) is 3.88. The van der Waals surface area contributed by atoms with E-state index in [2.05, 4.69) is 10.2 Å². The molecule has 0 unspecified atom stereocenters. The number of rotatable bonds is 6. The van der Waals surface area contributed by atoms with Crippen molar-refractivity contribution >= 4 is 0 Å². The fraction of sp³-hybridized carbons (Fsp3) is 0.545. The van der Waals surface area contributed by atoms with E-state index in [1.807, 2.05) is 14.1 Å². The van der Waals surface area contributed by atoms with Crippen LogP contribution >= 0.6 is 0 Å². The molecule has 0 radical (unpaired) electrons. The lowest BCUT2D eigenvalue weighted by molar-refractivity contribution is 0.284. The van der Waals surface area contributed by atoms with Crippen LogP contribution in [0.4, 0.5) is 0 Å². The average molecular weight is 226 g/mol. The predicted octanol–water partition coefficient (Wildman–Crippen LogP) is 0.387. The van der Waals surface area contributed by atoms with E-state index in [-0.39, 0.29) is 5.75 Å². The van der Waals surface area contributed by atoms with E-state index in [1.165, 1.54) is 6.07 Å². The second kappa shape index (κ2) is 6.30. The molecule has 0 saturated carbocycles. The molecule has 0 spiro atoms. The number of nitrogens with one attached hydrogen (secondary N) is 1. The highest BCUT2D eigenvalue weighted by Gasteiger charge is 2.04. The molecule has 16 heavy (non-hydrogen) atoms. The summed E-state index contributed by atoms with van der Waals surface area (Å²) in [5.41, 5.74) is -0.398. The molecule has 0 atom stereocenters. The van der Waals surface area contributed by atoms with Crippen LogP contribution < -0.4 is 10.7 Å². The third kappa shape index (κ3) is 4.04. The van der Waals surface area contributed by atoms with Crippen molar-refractivity contribution < 1.29 is 9.52 Å². The Morgan fingerprint density at radius 3 is 2.94 bits per heavy atom. The molecule has 5 nitrogen and oxygen atoms in total. The van der Waals surface area contributed by atoms with Gasteiger partial charge in [0.15, 0.2) is 5.75 Å². The minimum atomic E-state index is -0.398. The van der Waals surface area contributed by atoms with Crippen LogP contribution in [-0.2, 0) is 6.54 Å². The normalized spacial score (nSPS) is 10.9. The van der Waals surface area contributed by atoms with Crippen LogP contribution in [-0.4, -0.2) is 37.2 Å². The standard InChI is InChI=1S/C11H18N2O3/c1-12-4-3-5-13(2)7-9-6-10(14)11(15)8-16-9/h6,8,12,15H,3-5,7H2,1-2H3. The molecule has 1 aromatic rings. The van der Waals surface area contributed by atoms with Gasteiger partial charge >= 0.3 is 0 Å². The second-order valence-corrected chi connectivity index (χ2v) is 3.79. The Balaban J connectivity index is 2.46. The van der Waals surface area contributed by atoms with Crippen molar-refractivity contribution in [2.75, 3.05) is 27.2 Å². The van der Waals surface area contributed by atoms with E-state index < -0.39 is 5.43 Å².